The van der Waals surface area contributed by atoms with Crippen LogP contribution in [0.4, 0.5) is 0 Å². The number of hydrogen-bond acceptors (Lipinski definition) is 0. The fourth-order valence-electron chi connectivity index (χ4n) is 2.20. The normalized spacial score (nSPS) is 10.5. The maximum absolute atomic E-state index is 2.26. The van der Waals surface area contributed by atoms with Crippen LogP contribution < -0.4 is 0 Å². The molecule has 0 aliphatic rings. The van der Waals surface area contributed by atoms with Crippen LogP contribution in [-0.2, 0) is 0 Å². The fraction of sp³-hybridized carbons (Fsp3) is 0.250. The molecule has 16 heavy (non-hydrogen) atoms. The summed E-state index contributed by atoms with van der Waals surface area (Å²) in [7, 11) is 0. The van der Waals surface area contributed by atoms with Crippen molar-refractivity contribution in [2.24, 2.45) is 0 Å². The minimum atomic E-state index is 1.32. The maximum atomic E-state index is 2.26. The van der Waals surface area contributed by atoms with Crippen molar-refractivity contribution >= 4 is 0 Å². The third-order valence-corrected chi connectivity index (χ3v) is 3.25. The van der Waals surface area contributed by atoms with Crippen molar-refractivity contribution in [2.75, 3.05) is 0 Å². The van der Waals surface area contributed by atoms with Crippen LogP contribution in [0.15, 0.2) is 36.4 Å². The Hall–Kier alpha value is -1.56. The Morgan fingerprint density at radius 3 is 2.12 bits per heavy atom. The minimum absolute atomic E-state index is 1.32. The molecule has 0 saturated carbocycles. The minimum Gasteiger partial charge on any atom is -0.0614 e. The smallest absolute Gasteiger partial charge is 0.0123 e. The summed E-state index contributed by atoms with van der Waals surface area (Å²) >= 11 is 0. The maximum Gasteiger partial charge on any atom is -0.0123 e. The Morgan fingerprint density at radius 2 is 1.44 bits per heavy atom. The molecule has 82 valence electrons. The molecular weight excluding hydrogens is 192 g/mol. The molecule has 0 nitrogen and oxygen atoms in total. The van der Waals surface area contributed by atoms with E-state index < -0.39 is 0 Å². The van der Waals surface area contributed by atoms with E-state index in [1.54, 1.807) is 0 Å². The van der Waals surface area contributed by atoms with E-state index in [9.17, 15) is 0 Å². The topological polar surface area (TPSA) is 0 Å². The van der Waals surface area contributed by atoms with Crippen molar-refractivity contribution < 1.29 is 0 Å². The molecule has 0 bridgehead atoms. The van der Waals surface area contributed by atoms with E-state index in [0.29, 0.717) is 0 Å². The van der Waals surface area contributed by atoms with Crippen molar-refractivity contribution in [3.05, 3.63) is 58.7 Å². The summed E-state index contributed by atoms with van der Waals surface area (Å²) in [5.74, 6) is 0. The van der Waals surface area contributed by atoms with Crippen LogP contribution in [-0.4, -0.2) is 0 Å². The van der Waals surface area contributed by atoms with Gasteiger partial charge in [0, 0.05) is 0 Å². The summed E-state index contributed by atoms with van der Waals surface area (Å²) < 4.78 is 0. The van der Waals surface area contributed by atoms with Gasteiger partial charge >= 0.3 is 0 Å². The molecule has 2 aromatic carbocycles. The molecule has 0 N–H and O–H groups in total. The van der Waals surface area contributed by atoms with Gasteiger partial charge in [0.15, 0.2) is 0 Å². The van der Waals surface area contributed by atoms with E-state index in [0.717, 1.165) is 0 Å². The summed E-state index contributed by atoms with van der Waals surface area (Å²) in [5.41, 5.74) is 8.15. The van der Waals surface area contributed by atoms with E-state index in [1.165, 1.54) is 33.4 Å². The Bertz CT molecular complexity index is 522. The zero-order valence-corrected chi connectivity index (χ0v) is 10.5. The summed E-state index contributed by atoms with van der Waals surface area (Å²) in [5, 5.41) is 0. The van der Waals surface area contributed by atoms with Gasteiger partial charge in [-0.25, -0.2) is 0 Å². The van der Waals surface area contributed by atoms with Gasteiger partial charge in [-0.15, -0.1) is 0 Å². The van der Waals surface area contributed by atoms with Crippen LogP contribution in [0, 0.1) is 27.7 Å². The number of benzene rings is 2. The standard InChI is InChI=1S/C16H18/c1-11-6-5-7-15(10-11)16-13(3)9-8-12(2)14(16)4/h5-10H,1-4H3. The van der Waals surface area contributed by atoms with Crippen molar-refractivity contribution in [3.8, 4) is 11.1 Å². The third-order valence-electron chi connectivity index (χ3n) is 3.25. The first-order valence-electron chi connectivity index (χ1n) is 5.73. The lowest BCUT2D eigenvalue weighted by Crippen LogP contribution is -1.91. The zero-order chi connectivity index (χ0) is 11.7. The van der Waals surface area contributed by atoms with Gasteiger partial charge < -0.3 is 0 Å². The Balaban J connectivity index is 2.68. The van der Waals surface area contributed by atoms with Crippen molar-refractivity contribution in [1.29, 1.82) is 0 Å². The second-order valence-corrected chi connectivity index (χ2v) is 4.57. The van der Waals surface area contributed by atoms with E-state index in [-0.39, 0.29) is 0 Å². The highest BCUT2D eigenvalue weighted by molar-refractivity contribution is 5.72. The highest BCUT2D eigenvalue weighted by Crippen LogP contribution is 2.29. The third kappa shape index (κ3) is 1.88. The molecule has 0 heteroatoms. The van der Waals surface area contributed by atoms with Crippen LogP contribution in [0.2, 0.25) is 0 Å². The quantitative estimate of drug-likeness (QED) is 0.646. The van der Waals surface area contributed by atoms with Crippen LogP contribution in [0.1, 0.15) is 22.3 Å². The number of rotatable bonds is 1. The molecule has 0 aliphatic carbocycles. The molecule has 0 aromatic heterocycles. The SMILES string of the molecule is Cc1cccc(-c2c(C)ccc(C)c2C)c1. The molecule has 0 radical (unpaired) electrons. The largest absolute Gasteiger partial charge is 0.0614 e. The Kier molecular flexibility index (Phi) is 2.82. The van der Waals surface area contributed by atoms with Gasteiger partial charge in [-0.2, -0.15) is 0 Å². The van der Waals surface area contributed by atoms with E-state index in [1.807, 2.05) is 0 Å². The number of hydrogen-bond donors (Lipinski definition) is 0. The summed E-state index contributed by atoms with van der Waals surface area (Å²) in [4.78, 5) is 0. The van der Waals surface area contributed by atoms with Gasteiger partial charge in [0.05, 0.1) is 0 Å². The summed E-state index contributed by atoms with van der Waals surface area (Å²) in [6, 6.07) is 13.1. The molecular formula is C16H18. The van der Waals surface area contributed by atoms with Gasteiger partial charge in [0.25, 0.3) is 0 Å². The van der Waals surface area contributed by atoms with Gasteiger partial charge in [0.1, 0.15) is 0 Å². The van der Waals surface area contributed by atoms with Crippen molar-refractivity contribution in [3.63, 3.8) is 0 Å². The molecule has 0 spiro atoms. The zero-order valence-electron chi connectivity index (χ0n) is 10.5. The average molecular weight is 210 g/mol. The predicted molar refractivity (Wildman–Crippen MR) is 70.8 cm³/mol. The second kappa shape index (κ2) is 4.13. The first kappa shape index (κ1) is 10.9. The molecule has 0 amide bonds. The van der Waals surface area contributed by atoms with Gasteiger partial charge in [0.2, 0.25) is 0 Å². The lowest BCUT2D eigenvalue weighted by Gasteiger charge is -2.13. The molecule has 0 heterocycles. The Labute approximate surface area is 97.9 Å². The fourth-order valence-corrected chi connectivity index (χ4v) is 2.20. The van der Waals surface area contributed by atoms with E-state index in [4.69, 9.17) is 0 Å². The van der Waals surface area contributed by atoms with Gasteiger partial charge in [-0.1, -0.05) is 42.0 Å². The summed E-state index contributed by atoms with van der Waals surface area (Å²) in [6.07, 6.45) is 0. The first-order chi connectivity index (χ1) is 7.59. The van der Waals surface area contributed by atoms with Crippen LogP contribution in [0.5, 0.6) is 0 Å². The van der Waals surface area contributed by atoms with E-state index >= 15 is 0 Å². The Morgan fingerprint density at radius 1 is 0.750 bits per heavy atom. The molecule has 0 saturated heterocycles. The number of aryl methyl sites for hydroxylation is 3. The highest BCUT2D eigenvalue weighted by Gasteiger charge is 2.07. The molecule has 2 rings (SSSR count). The predicted octanol–water partition coefficient (Wildman–Crippen LogP) is 4.59. The lowest BCUT2D eigenvalue weighted by molar-refractivity contribution is 1.29. The van der Waals surface area contributed by atoms with Gasteiger partial charge in [-0.3, -0.25) is 0 Å². The lowest BCUT2D eigenvalue weighted by atomic mass is 9.92. The van der Waals surface area contributed by atoms with Crippen LogP contribution >= 0.6 is 0 Å². The monoisotopic (exact) mass is 210 g/mol. The molecule has 0 aliphatic heterocycles. The molecule has 0 atom stereocenters. The second-order valence-electron chi connectivity index (χ2n) is 4.57. The van der Waals surface area contributed by atoms with Crippen molar-refractivity contribution in [1.82, 2.24) is 0 Å². The summed E-state index contributed by atoms with van der Waals surface area (Å²) in [6.45, 7) is 8.71. The first-order valence-corrected chi connectivity index (χ1v) is 5.73. The molecule has 0 unspecified atom stereocenters. The molecule has 0 fully saturated rings. The average Bonchev–Trinajstić information content (AvgIpc) is 2.24. The van der Waals surface area contributed by atoms with Crippen LogP contribution in [0.25, 0.3) is 11.1 Å². The molecule has 2 aromatic rings. The highest BCUT2D eigenvalue weighted by atomic mass is 14.1. The van der Waals surface area contributed by atoms with Crippen LogP contribution in [0.3, 0.4) is 0 Å². The van der Waals surface area contributed by atoms with Crippen molar-refractivity contribution in [2.45, 2.75) is 27.7 Å². The van der Waals surface area contributed by atoms with Gasteiger partial charge in [-0.05, 0) is 55.5 Å². The van der Waals surface area contributed by atoms with E-state index in [2.05, 4.69) is 64.1 Å².